The minimum absolute atomic E-state index is 0.118. The van der Waals surface area contributed by atoms with Gasteiger partial charge in [0.05, 0.1) is 5.52 Å². The van der Waals surface area contributed by atoms with E-state index < -0.39 is 0 Å². The summed E-state index contributed by atoms with van der Waals surface area (Å²) in [7, 11) is 0. The second-order valence-corrected chi connectivity index (χ2v) is 5.32. The van der Waals surface area contributed by atoms with E-state index in [2.05, 4.69) is 20.9 Å². The first-order valence-electron chi connectivity index (χ1n) is 6.18. The first kappa shape index (κ1) is 12.9. The number of halogens is 1. The van der Waals surface area contributed by atoms with Crippen molar-refractivity contribution < 1.29 is 9.84 Å². The summed E-state index contributed by atoms with van der Waals surface area (Å²) in [5.41, 5.74) is 1.79. The van der Waals surface area contributed by atoms with Crippen LogP contribution in [0.3, 0.4) is 0 Å². The number of phenols is 1. The van der Waals surface area contributed by atoms with E-state index in [9.17, 15) is 5.11 Å². The molecule has 3 rings (SSSR count). The number of nitrogens with zero attached hydrogens (tertiary/aromatic N) is 1. The normalized spacial score (nSPS) is 10.7. The Morgan fingerprint density at radius 2 is 1.90 bits per heavy atom. The molecule has 0 saturated heterocycles. The van der Waals surface area contributed by atoms with Gasteiger partial charge in [-0.3, -0.25) is 4.98 Å². The molecule has 0 spiro atoms. The van der Waals surface area contributed by atoms with E-state index in [0.29, 0.717) is 17.7 Å². The molecule has 0 radical (unpaired) electrons. The van der Waals surface area contributed by atoms with Gasteiger partial charge in [0, 0.05) is 16.1 Å². The molecular formula is C16H12BrNO2. The van der Waals surface area contributed by atoms with Crippen LogP contribution in [0.5, 0.6) is 11.5 Å². The van der Waals surface area contributed by atoms with E-state index in [-0.39, 0.29) is 5.75 Å². The molecule has 20 heavy (non-hydrogen) atoms. The van der Waals surface area contributed by atoms with Crippen molar-refractivity contribution in [2.75, 3.05) is 0 Å². The molecule has 4 heteroatoms. The van der Waals surface area contributed by atoms with Gasteiger partial charge in [-0.1, -0.05) is 30.3 Å². The molecule has 0 atom stereocenters. The Morgan fingerprint density at radius 1 is 1.10 bits per heavy atom. The number of benzene rings is 2. The molecule has 0 saturated carbocycles. The van der Waals surface area contributed by atoms with Gasteiger partial charge in [0.15, 0.2) is 11.5 Å². The van der Waals surface area contributed by atoms with Gasteiger partial charge in [-0.25, -0.2) is 0 Å². The molecule has 100 valence electrons. The van der Waals surface area contributed by atoms with Crippen molar-refractivity contribution >= 4 is 26.8 Å². The zero-order valence-corrected chi connectivity index (χ0v) is 12.2. The predicted molar refractivity (Wildman–Crippen MR) is 81.9 cm³/mol. The van der Waals surface area contributed by atoms with Crippen molar-refractivity contribution in [3.63, 3.8) is 0 Å². The number of hydrogen-bond acceptors (Lipinski definition) is 3. The van der Waals surface area contributed by atoms with Gasteiger partial charge in [0.2, 0.25) is 0 Å². The Balaban J connectivity index is 1.90. The summed E-state index contributed by atoms with van der Waals surface area (Å²) < 4.78 is 6.50. The lowest BCUT2D eigenvalue weighted by atomic mass is 10.2. The topological polar surface area (TPSA) is 42.4 Å². The highest BCUT2D eigenvalue weighted by atomic mass is 79.9. The van der Waals surface area contributed by atoms with Gasteiger partial charge in [-0.15, -0.1) is 0 Å². The molecule has 3 aromatic rings. The van der Waals surface area contributed by atoms with Crippen LogP contribution >= 0.6 is 15.9 Å². The third-order valence-electron chi connectivity index (χ3n) is 3.00. The number of fused-ring (bicyclic) bond motifs is 1. The second-order valence-electron chi connectivity index (χ2n) is 4.41. The average Bonchev–Trinajstić information content (AvgIpc) is 2.48. The quantitative estimate of drug-likeness (QED) is 0.779. The minimum atomic E-state index is 0.118. The second kappa shape index (κ2) is 5.51. The monoisotopic (exact) mass is 329 g/mol. The first-order chi connectivity index (χ1) is 9.74. The van der Waals surface area contributed by atoms with Gasteiger partial charge in [0.1, 0.15) is 6.61 Å². The van der Waals surface area contributed by atoms with Crippen LogP contribution in [0.25, 0.3) is 10.9 Å². The maximum Gasteiger partial charge on any atom is 0.167 e. The Hall–Kier alpha value is -2.07. The fourth-order valence-corrected chi connectivity index (χ4v) is 2.32. The van der Waals surface area contributed by atoms with Crippen LogP contribution in [0.2, 0.25) is 0 Å². The van der Waals surface area contributed by atoms with Gasteiger partial charge >= 0.3 is 0 Å². The fraction of sp³-hybridized carbons (Fsp3) is 0.0625. The lowest BCUT2D eigenvalue weighted by molar-refractivity contribution is 0.290. The first-order valence-corrected chi connectivity index (χ1v) is 6.97. The summed E-state index contributed by atoms with van der Waals surface area (Å²) in [5, 5.41) is 10.9. The van der Waals surface area contributed by atoms with Crippen LogP contribution < -0.4 is 4.74 Å². The van der Waals surface area contributed by atoms with Crippen molar-refractivity contribution in [2.24, 2.45) is 0 Å². The lowest BCUT2D eigenvalue weighted by Gasteiger charge is -2.10. The molecule has 0 fully saturated rings. The van der Waals surface area contributed by atoms with Crippen LogP contribution in [0, 0.1) is 0 Å². The van der Waals surface area contributed by atoms with Crippen LogP contribution in [0.15, 0.2) is 59.2 Å². The fourth-order valence-electron chi connectivity index (χ4n) is 1.99. The maximum atomic E-state index is 10.3. The molecule has 1 N–H and O–H groups in total. The minimum Gasteiger partial charge on any atom is -0.504 e. The Kier molecular flexibility index (Phi) is 3.56. The van der Waals surface area contributed by atoms with E-state index in [1.54, 1.807) is 12.3 Å². The van der Waals surface area contributed by atoms with Crippen molar-refractivity contribution in [1.82, 2.24) is 4.98 Å². The summed E-state index contributed by atoms with van der Waals surface area (Å²) in [6, 6.07) is 15.2. The van der Waals surface area contributed by atoms with Gasteiger partial charge < -0.3 is 9.84 Å². The standard InChI is InChI=1S/C16H12BrNO2/c17-12-8-13-14(18-9-12)6-7-15(16(13)19)20-10-11-4-2-1-3-5-11/h1-9,19H,10H2. The van der Waals surface area contributed by atoms with Crippen LogP contribution in [0.1, 0.15) is 5.56 Å². The third-order valence-corrected chi connectivity index (χ3v) is 3.44. The van der Waals surface area contributed by atoms with Crippen LogP contribution in [0.4, 0.5) is 0 Å². The number of phenolic OH excluding ortho intramolecular Hbond substituents is 1. The molecule has 2 aromatic carbocycles. The predicted octanol–water partition coefficient (Wildman–Crippen LogP) is 4.28. The zero-order chi connectivity index (χ0) is 13.9. The molecule has 0 aliphatic carbocycles. The molecule has 0 amide bonds. The number of ether oxygens (including phenoxy) is 1. The molecule has 0 unspecified atom stereocenters. The molecule has 1 aromatic heterocycles. The third kappa shape index (κ3) is 2.60. The summed E-state index contributed by atoms with van der Waals surface area (Å²) in [5.74, 6) is 0.577. The maximum absolute atomic E-state index is 10.3. The Labute approximate surface area is 125 Å². The number of hydrogen-bond donors (Lipinski definition) is 1. The number of aromatic nitrogens is 1. The van der Waals surface area contributed by atoms with Crippen LogP contribution in [-0.4, -0.2) is 10.1 Å². The molecule has 0 aliphatic rings. The molecule has 0 bridgehead atoms. The van der Waals surface area contributed by atoms with Crippen molar-refractivity contribution in [2.45, 2.75) is 6.61 Å². The molecule has 3 nitrogen and oxygen atoms in total. The Morgan fingerprint density at radius 3 is 2.70 bits per heavy atom. The smallest absolute Gasteiger partial charge is 0.167 e. The molecular weight excluding hydrogens is 318 g/mol. The SMILES string of the molecule is Oc1c(OCc2ccccc2)ccc2ncc(Br)cc12. The summed E-state index contributed by atoms with van der Waals surface area (Å²) in [6.07, 6.45) is 1.70. The molecule has 0 aliphatic heterocycles. The lowest BCUT2D eigenvalue weighted by Crippen LogP contribution is -1.95. The number of aromatic hydroxyl groups is 1. The zero-order valence-electron chi connectivity index (χ0n) is 10.6. The molecule has 1 heterocycles. The van der Waals surface area contributed by atoms with E-state index in [1.165, 1.54) is 0 Å². The van der Waals surface area contributed by atoms with Gasteiger partial charge in [-0.05, 0) is 39.7 Å². The number of pyridine rings is 1. The number of rotatable bonds is 3. The van der Waals surface area contributed by atoms with Gasteiger partial charge in [0.25, 0.3) is 0 Å². The summed E-state index contributed by atoms with van der Waals surface area (Å²) in [6.45, 7) is 0.418. The largest absolute Gasteiger partial charge is 0.504 e. The summed E-state index contributed by atoms with van der Waals surface area (Å²) in [4.78, 5) is 4.24. The van der Waals surface area contributed by atoms with Crippen molar-refractivity contribution in [3.8, 4) is 11.5 Å². The Bertz CT molecular complexity index is 744. The van der Waals surface area contributed by atoms with Gasteiger partial charge in [-0.2, -0.15) is 0 Å². The highest BCUT2D eigenvalue weighted by Crippen LogP contribution is 2.35. The van der Waals surface area contributed by atoms with E-state index in [1.807, 2.05) is 42.5 Å². The van der Waals surface area contributed by atoms with Crippen LogP contribution in [-0.2, 0) is 6.61 Å². The highest BCUT2D eigenvalue weighted by molar-refractivity contribution is 9.10. The highest BCUT2D eigenvalue weighted by Gasteiger charge is 2.09. The average molecular weight is 330 g/mol. The van der Waals surface area contributed by atoms with E-state index in [0.717, 1.165) is 15.6 Å². The van der Waals surface area contributed by atoms with E-state index in [4.69, 9.17) is 4.74 Å². The van der Waals surface area contributed by atoms with Crippen molar-refractivity contribution in [3.05, 3.63) is 64.8 Å². The summed E-state index contributed by atoms with van der Waals surface area (Å²) >= 11 is 3.35. The van der Waals surface area contributed by atoms with Crippen molar-refractivity contribution in [1.29, 1.82) is 0 Å². The van der Waals surface area contributed by atoms with E-state index >= 15 is 0 Å².